The van der Waals surface area contributed by atoms with Crippen molar-refractivity contribution in [3.05, 3.63) is 65.7 Å². The van der Waals surface area contributed by atoms with Gasteiger partial charge in [0.15, 0.2) is 0 Å². The molecule has 0 amide bonds. The average Bonchev–Trinajstić information content (AvgIpc) is 2.46. The fraction of sp³-hybridized carbons (Fsp3) is 0.294. The van der Waals surface area contributed by atoms with Gasteiger partial charge in [-0.15, -0.1) is 0 Å². The number of phenols is 1. The highest BCUT2D eigenvalue weighted by molar-refractivity contribution is 5.34. The lowest BCUT2D eigenvalue weighted by molar-refractivity contribution is 0.474. The van der Waals surface area contributed by atoms with Crippen LogP contribution in [0.15, 0.2) is 54.6 Å². The van der Waals surface area contributed by atoms with Crippen LogP contribution in [-0.4, -0.2) is 11.7 Å². The maximum Gasteiger partial charge on any atom is 0.115 e. The molecule has 0 fully saturated rings. The van der Waals surface area contributed by atoms with Crippen LogP contribution in [0.4, 0.5) is 0 Å². The number of hydrogen-bond donors (Lipinski definition) is 2. The summed E-state index contributed by atoms with van der Waals surface area (Å²) in [6, 6.07) is 18.1. The molecule has 0 aromatic heterocycles. The van der Waals surface area contributed by atoms with Gasteiger partial charge in [0.05, 0.1) is 6.04 Å². The Labute approximate surface area is 115 Å². The van der Waals surface area contributed by atoms with E-state index in [0.717, 1.165) is 6.54 Å². The second kappa shape index (κ2) is 6.95. The Hall–Kier alpha value is -1.80. The largest absolute Gasteiger partial charge is 0.508 e. The summed E-state index contributed by atoms with van der Waals surface area (Å²) < 4.78 is 0. The Kier molecular flexibility index (Phi) is 4.99. The average molecular weight is 255 g/mol. The second-order valence-electron chi connectivity index (χ2n) is 4.74. The summed E-state index contributed by atoms with van der Waals surface area (Å²) in [6.45, 7) is 3.19. The molecule has 0 aliphatic heterocycles. The monoisotopic (exact) mass is 255 g/mol. The lowest BCUT2D eigenvalue weighted by Gasteiger charge is -2.20. The molecule has 100 valence electrons. The molecule has 2 heteroatoms. The predicted molar refractivity (Wildman–Crippen MR) is 79.3 cm³/mol. The van der Waals surface area contributed by atoms with Crippen LogP contribution >= 0.6 is 0 Å². The third-order valence-corrected chi connectivity index (χ3v) is 3.24. The van der Waals surface area contributed by atoms with Crippen molar-refractivity contribution < 1.29 is 5.11 Å². The van der Waals surface area contributed by atoms with Crippen LogP contribution in [0.25, 0.3) is 0 Å². The summed E-state index contributed by atoms with van der Waals surface area (Å²) >= 11 is 0. The van der Waals surface area contributed by atoms with E-state index < -0.39 is 0 Å². The van der Waals surface area contributed by atoms with Crippen LogP contribution in [-0.2, 0) is 0 Å². The molecule has 0 aliphatic carbocycles. The SMILES string of the molecule is CCCCNC(c1ccccc1)c1ccc(O)cc1. The quantitative estimate of drug-likeness (QED) is 0.768. The Morgan fingerprint density at radius 2 is 1.58 bits per heavy atom. The fourth-order valence-corrected chi connectivity index (χ4v) is 2.16. The zero-order valence-electron chi connectivity index (χ0n) is 11.3. The van der Waals surface area contributed by atoms with E-state index >= 15 is 0 Å². The summed E-state index contributed by atoms with van der Waals surface area (Å²) in [6.07, 6.45) is 2.35. The van der Waals surface area contributed by atoms with Crippen molar-refractivity contribution in [1.29, 1.82) is 0 Å². The zero-order valence-corrected chi connectivity index (χ0v) is 11.3. The van der Waals surface area contributed by atoms with Crippen LogP contribution in [0.1, 0.15) is 36.9 Å². The Morgan fingerprint density at radius 1 is 0.947 bits per heavy atom. The molecule has 0 spiro atoms. The number of nitrogens with one attached hydrogen (secondary N) is 1. The van der Waals surface area contributed by atoms with Crippen molar-refractivity contribution >= 4 is 0 Å². The predicted octanol–water partition coefficient (Wildman–Crippen LogP) is 3.87. The molecule has 2 aromatic rings. The first kappa shape index (κ1) is 13.6. The van der Waals surface area contributed by atoms with E-state index in [0.29, 0.717) is 5.75 Å². The number of unbranched alkanes of at least 4 members (excludes halogenated alkanes) is 1. The maximum atomic E-state index is 9.40. The van der Waals surface area contributed by atoms with Crippen molar-refractivity contribution in [2.45, 2.75) is 25.8 Å². The van der Waals surface area contributed by atoms with Crippen LogP contribution in [0.5, 0.6) is 5.75 Å². The van der Waals surface area contributed by atoms with E-state index in [9.17, 15) is 5.11 Å². The van der Waals surface area contributed by atoms with E-state index in [1.54, 1.807) is 12.1 Å². The summed E-state index contributed by atoms with van der Waals surface area (Å²) in [5.74, 6) is 0.309. The zero-order chi connectivity index (χ0) is 13.5. The van der Waals surface area contributed by atoms with Crippen LogP contribution < -0.4 is 5.32 Å². The van der Waals surface area contributed by atoms with Gasteiger partial charge in [0.25, 0.3) is 0 Å². The minimum absolute atomic E-state index is 0.188. The van der Waals surface area contributed by atoms with Crippen molar-refractivity contribution in [3.63, 3.8) is 0 Å². The van der Waals surface area contributed by atoms with E-state index in [4.69, 9.17) is 0 Å². The van der Waals surface area contributed by atoms with Gasteiger partial charge in [-0.3, -0.25) is 0 Å². The minimum atomic E-state index is 0.188. The maximum absolute atomic E-state index is 9.40. The molecule has 2 N–H and O–H groups in total. The van der Waals surface area contributed by atoms with Crippen molar-refractivity contribution in [3.8, 4) is 5.75 Å². The first-order valence-corrected chi connectivity index (χ1v) is 6.88. The molecule has 0 bridgehead atoms. The molecule has 19 heavy (non-hydrogen) atoms. The lowest BCUT2D eigenvalue weighted by atomic mass is 9.98. The standard InChI is InChI=1S/C17H21NO/c1-2-3-13-18-17(14-7-5-4-6-8-14)15-9-11-16(19)12-10-15/h4-12,17-19H,2-3,13H2,1H3. The van der Waals surface area contributed by atoms with Gasteiger partial charge >= 0.3 is 0 Å². The molecule has 0 heterocycles. The topological polar surface area (TPSA) is 32.3 Å². The highest BCUT2D eigenvalue weighted by Crippen LogP contribution is 2.23. The number of rotatable bonds is 6. The van der Waals surface area contributed by atoms with Crippen molar-refractivity contribution in [1.82, 2.24) is 5.32 Å². The van der Waals surface area contributed by atoms with Gasteiger partial charge in [-0.2, -0.15) is 0 Å². The molecule has 2 nitrogen and oxygen atoms in total. The molecule has 0 saturated carbocycles. The van der Waals surface area contributed by atoms with Gasteiger partial charge in [-0.25, -0.2) is 0 Å². The molecular formula is C17H21NO. The van der Waals surface area contributed by atoms with Crippen LogP contribution in [0, 0.1) is 0 Å². The molecular weight excluding hydrogens is 234 g/mol. The van der Waals surface area contributed by atoms with Gasteiger partial charge in [0.2, 0.25) is 0 Å². The first-order chi connectivity index (χ1) is 9.31. The Morgan fingerprint density at radius 3 is 2.21 bits per heavy atom. The Bertz CT molecular complexity index is 478. The van der Waals surface area contributed by atoms with E-state index in [2.05, 4.69) is 36.5 Å². The van der Waals surface area contributed by atoms with Crippen LogP contribution in [0.3, 0.4) is 0 Å². The van der Waals surface area contributed by atoms with Gasteiger partial charge < -0.3 is 10.4 Å². The summed E-state index contributed by atoms with van der Waals surface area (Å²) in [7, 11) is 0. The first-order valence-electron chi connectivity index (χ1n) is 6.88. The molecule has 0 aliphatic rings. The highest BCUT2D eigenvalue weighted by Gasteiger charge is 2.12. The van der Waals surface area contributed by atoms with Gasteiger partial charge in [-0.1, -0.05) is 55.8 Å². The molecule has 0 saturated heterocycles. The lowest BCUT2D eigenvalue weighted by Crippen LogP contribution is -2.23. The molecule has 2 rings (SSSR count). The number of benzene rings is 2. The highest BCUT2D eigenvalue weighted by atomic mass is 16.3. The summed E-state index contributed by atoms with van der Waals surface area (Å²) in [5.41, 5.74) is 2.43. The third kappa shape index (κ3) is 3.83. The van der Waals surface area contributed by atoms with E-state index in [1.165, 1.54) is 24.0 Å². The van der Waals surface area contributed by atoms with Crippen molar-refractivity contribution in [2.75, 3.05) is 6.54 Å². The normalized spacial score (nSPS) is 12.3. The van der Waals surface area contributed by atoms with E-state index in [-0.39, 0.29) is 6.04 Å². The van der Waals surface area contributed by atoms with Crippen LogP contribution in [0.2, 0.25) is 0 Å². The molecule has 1 atom stereocenters. The summed E-state index contributed by atoms with van der Waals surface area (Å²) in [5, 5.41) is 13.0. The van der Waals surface area contributed by atoms with Crippen molar-refractivity contribution in [2.24, 2.45) is 0 Å². The number of aromatic hydroxyl groups is 1. The third-order valence-electron chi connectivity index (χ3n) is 3.24. The Balaban J connectivity index is 2.21. The molecule has 2 aromatic carbocycles. The van der Waals surface area contributed by atoms with Gasteiger partial charge in [0.1, 0.15) is 5.75 Å². The van der Waals surface area contributed by atoms with Gasteiger partial charge in [0, 0.05) is 0 Å². The molecule has 0 radical (unpaired) electrons. The fourth-order valence-electron chi connectivity index (χ4n) is 2.16. The van der Waals surface area contributed by atoms with Gasteiger partial charge in [-0.05, 0) is 36.2 Å². The number of hydrogen-bond acceptors (Lipinski definition) is 2. The van der Waals surface area contributed by atoms with E-state index in [1.807, 2.05) is 18.2 Å². The summed E-state index contributed by atoms with van der Waals surface area (Å²) in [4.78, 5) is 0. The number of phenolic OH excluding ortho intramolecular Hbond substituents is 1. The second-order valence-corrected chi connectivity index (χ2v) is 4.74. The minimum Gasteiger partial charge on any atom is -0.508 e. The smallest absolute Gasteiger partial charge is 0.115 e. The molecule has 1 unspecified atom stereocenters.